The average Bonchev–Trinajstić information content (AvgIpc) is 2.35. The third-order valence-corrected chi connectivity index (χ3v) is 4.31. The summed E-state index contributed by atoms with van der Waals surface area (Å²) in [7, 11) is -3.23. The first-order chi connectivity index (χ1) is 9.72. The van der Waals surface area contributed by atoms with Crippen LogP contribution in [0.25, 0.3) is 0 Å². The molecule has 0 aromatic carbocycles. The van der Waals surface area contributed by atoms with E-state index < -0.39 is 15.6 Å². The lowest BCUT2D eigenvalue weighted by atomic mass is 9.96. The highest BCUT2D eigenvalue weighted by molar-refractivity contribution is 7.88. The van der Waals surface area contributed by atoms with E-state index in [0.717, 1.165) is 12.5 Å². The molecule has 0 aromatic rings. The first-order valence-electron chi connectivity index (χ1n) is 7.75. The topological polar surface area (TPSA) is 82.6 Å². The Kier molecular flexibility index (Phi) is 6.93. The highest BCUT2D eigenvalue weighted by Crippen LogP contribution is 2.17. The van der Waals surface area contributed by atoms with Gasteiger partial charge in [-0.2, -0.15) is 0 Å². The molecule has 0 aromatic heterocycles. The first kappa shape index (κ1) is 18.2. The summed E-state index contributed by atoms with van der Waals surface area (Å²) in [6, 6.07) is 0.475. The Labute approximate surface area is 129 Å². The Hall–Kier alpha value is -0.820. The second-order valence-electron chi connectivity index (χ2n) is 6.43. The predicted octanol–water partition coefficient (Wildman–Crippen LogP) is 1.20. The van der Waals surface area contributed by atoms with Gasteiger partial charge in [-0.05, 0) is 33.6 Å². The van der Waals surface area contributed by atoms with Crippen LogP contribution < -0.4 is 15.4 Å². The zero-order chi connectivity index (χ0) is 15.9. The Morgan fingerprint density at radius 3 is 2.38 bits per heavy atom. The van der Waals surface area contributed by atoms with Gasteiger partial charge in [0, 0.05) is 18.1 Å². The van der Waals surface area contributed by atoms with Gasteiger partial charge in [0.05, 0.1) is 12.8 Å². The van der Waals surface area contributed by atoms with Crippen molar-refractivity contribution in [2.24, 2.45) is 4.99 Å². The maximum absolute atomic E-state index is 11.3. The Morgan fingerprint density at radius 2 is 1.86 bits per heavy atom. The molecule has 1 fully saturated rings. The van der Waals surface area contributed by atoms with Crippen molar-refractivity contribution < 1.29 is 8.42 Å². The van der Waals surface area contributed by atoms with Gasteiger partial charge in [0.15, 0.2) is 5.96 Å². The van der Waals surface area contributed by atoms with E-state index in [9.17, 15) is 8.42 Å². The molecular weight excluding hydrogens is 288 g/mol. The van der Waals surface area contributed by atoms with Crippen LogP contribution in [0.3, 0.4) is 0 Å². The molecule has 7 heteroatoms. The fourth-order valence-corrected chi connectivity index (χ4v) is 3.64. The summed E-state index contributed by atoms with van der Waals surface area (Å²) in [5.74, 6) is 0.771. The van der Waals surface area contributed by atoms with Gasteiger partial charge < -0.3 is 10.6 Å². The van der Waals surface area contributed by atoms with Crippen molar-refractivity contribution in [3.05, 3.63) is 0 Å². The first-order valence-corrected chi connectivity index (χ1v) is 9.65. The normalized spacial score (nSPS) is 18.6. The van der Waals surface area contributed by atoms with Crippen LogP contribution in [-0.2, 0) is 10.0 Å². The zero-order valence-electron chi connectivity index (χ0n) is 13.7. The number of rotatable bonds is 6. The smallest absolute Gasteiger partial charge is 0.209 e. The van der Waals surface area contributed by atoms with Crippen LogP contribution in [-0.4, -0.2) is 45.3 Å². The molecule has 1 aliphatic carbocycles. The van der Waals surface area contributed by atoms with Gasteiger partial charge in [0.1, 0.15) is 0 Å². The number of guanidine groups is 1. The standard InChI is InChI=1S/C14H30N4O2S/c1-5-15-13(17-12-9-7-6-8-10-12)16-11-14(2,3)18-21(4,19)20/h12,18H,5-11H2,1-4H3,(H2,15,16,17). The van der Waals surface area contributed by atoms with Crippen molar-refractivity contribution in [1.29, 1.82) is 0 Å². The molecule has 0 amide bonds. The minimum atomic E-state index is -3.23. The number of sulfonamides is 1. The number of nitrogens with one attached hydrogen (secondary N) is 3. The van der Waals surface area contributed by atoms with Crippen molar-refractivity contribution >= 4 is 16.0 Å². The van der Waals surface area contributed by atoms with E-state index in [0.29, 0.717) is 12.6 Å². The van der Waals surface area contributed by atoms with E-state index in [1.165, 1.54) is 38.4 Å². The summed E-state index contributed by atoms with van der Waals surface area (Å²) in [6.45, 7) is 6.88. The second kappa shape index (κ2) is 7.98. The van der Waals surface area contributed by atoms with E-state index in [4.69, 9.17) is 0 Å². The van der Waals surface area contributed by atoms with Gasteiger partial charge in [0.2, 0.25) is 10.0 Å². The molecule has 124 valence electrons. The molecule has 3 N–H and O–H groups in total. The highest BCUT2D eigenvalue weighted by atomic mass is 32.2. The lowest BCUT2D eigenvalue weighted by Crippen LogP contribution is -2.48. The molecule has 1 aliphatic rings. The Balaban J connectivity index is 2.61. The van der Waals surface area contributed by atoms with Crippen LogP contribution >= 0.6 is 0 Å². The van der Waals surface area contributed by atoms with Gasteiger partial charge in [-0.3, -0.25) is 4.99 Å². The predicted molar refractivity (Wildman–Crippen MR) is 88.0 cm³/mol. The van der Waals surface area contributed by atoms with Gasteiger partial charge >= 0.3 is 0 Å². The Morgan fingerprint density at radius 1 is 1.24 bits per heavy atom. The number of hydrogen-bond acceptors (Lipinski definition) is 3. The van der Waals surface area contributed by atoms with Crippen LogP contribution in [0.2, 0.25) is 0 Å². The highest BCUT2D eigenvalue weighted by Gasteiger charge is 2.22. The van der Waals surface area contributed by atoms with E-state index in [1.54, 1.807) is 0 Å². The van der Waals surface area contributed by atoms with E-state index in [2.05, 4.69) is 20.3 Å². The monoisotopic (exact) mass is 318 g/mol. The molecule has 0 radical (unpaired) electrons. The van der Waals surface area contributed by atoms with Crippen molar-refractivity contribution in [3.63, 3.8) is 0 Å². The molecule has 0 saturated heterocycles. The Bertz CT molecular complexity index is 440. The van der Waals surface area contributed by atoms with Crippen LogP contribution in [0.5, 0.6) is 0 Å². The van der Waals surface area contributed by atoms with Crippen molar-refractivity contribution in [1.82, 2.24) is 15.4 Å². The number of nitrogens with zero attached hydrogens (tertiary/aromatic N) is 1. The fourth-order valence-electron chi connectivity index (χ4n) is 2.57. The van der Waals surface area contributed by atoms with Crippen LogP contribution in [0.1, 0.15) is 52.9 Å². The molecule has 0 bridgehead atoms. The summed E-state index contributed by atoms with van der Waals surface area (Å²) < 4.78 is 25.3. The van der Waals surface area contributed by atoms with Crippen LogP contribution in [0, 0.1) is 0 Å². The van der Waals surface area contributed by atoms with E-state index in [1.807, 2.05) is 20.8 Å². The zero-order valence-corrected chi connectivity index (χ0v) is 14.5. The second-order valence-corrected chi connectivity index (χ2v) is 8.18. The quantitative estimate of drug-likeness (QED) is 0.508. The average molecular weight is 318 g/mol. The molecule has 0 spiro atoms. The van der Waals surface area contributed by atoms with Gasteiger partial charge in [0.25, 0.3) is 0 Å². The maximum Gasteiger partial charge on any atom is 0.209 e. The minimum absolute atomic E-state index is 0.391. The largest absolute Gasteiger partial charge is 0.357 e. The van der Waals surface area contributed by atoms with E-state index >= 15 is 0 Å². The van der Waals surface area contributed by atoms with Gasteiger partial charge in [-0.15, -0.1) is 0 Å². The minimum Gasteiger partial charge on any atom is -0.357 e. The van der Waals surface area contributed by atoms with E-state index in [-0.39, 0.29) is 0 Å². The third-order valence-electron chi connectivity index (χ3n) is 3.38. The lowest BCUT2D eigenvalue weighted by molar-refractivity contribution is 0.408. The molecule has 0 aliphatic heterocycles. The third kappa shape index (κ3) is 8.26. The van der Waals surface area contributed by atoms with Crippen LogP contribution in [0.4, 0.5) is 0 Å². The summed E-state index contributed by atoms with van der Waals surface area (Å²) in [6.07, 6.45) is 7.36. The summed E-state index contributed by atoms with van der Waals surface area (Å²) in [5, 5.41) is 6.68. The molecule has 0 atom stereocenters. The van der Waals surface area contributed by atoms with Crippen molar-refractivity contribution in [2.75, 3.05) is 19.3 Å². The maximum atomic E-state index is 11.3. The van der Waals surface area contributed by atoms with Crippen molar-refractivity contribution in [2.45, 2.75) is 64.5 Å². The molecule has 6 nitrogen and oxygen atoms in total. The molecule has 1 rings (SSSR count). The summed E-state index contributed by atoms with van der Waals surface area (Å²) in [4.78, 5) is 4.53. The van der Waals surface area contributed by atoms with Gasteiger partial charge in [-0.1, -0.05) is 19.3 Å². The molecular formula is C14H30N4O2S. The van der Waals surface area contributed by atoms with Gasteiger partial charge in [-0.25, -0.2) is 13.1 Å². The lowest BCUT2D eigenvalue weighted by Gasteiger charge is -2.27. The van der Waals surface area contributed by atoms with Crippen molar-refractivity contribution in [3.8, 4) is 0 Å². The number of hydrogen-bond donors (Lipinski definition) is 3. The molecule has 1 saturated carbocycles. The summed E-state index contributed by atoms with van der Waals surface area (Å²) in [5.41, 5.74) is -0.595. The fraction of sp³-hybridized carbons (Fsp3) is 0.929. The number of aliphatic imine (C=N–C) groups is 1. The SMILES string of the molecule is CCNC(=NCC(C)(C)NS(C)(=O)=O)NC1CCCCC1. The molecule has 0 heterocycles. The molecule has 0 unspecified atom stereocenters. The van der Waals surface area contributed by atoms with Crippen LogP contribution in [0.15, 0.2) is 4.99 Å². The molecule has 21 heavy (non-hydrogen) atoms. The summed E-state index contributed by atoms with van der Waals surface area (Å²) >= 11 is 0.